The van der Waals surface area contributed by atoms with Crippen molar-refractivity contribution in [1.29, 1.82) is 0 Å². The van der Waals surface area contributed by atoms with Crippen molar-refractivity contribution in [3.8, 4) is 0 Å². The summed E-state index contributed by atoms with van der Waals surface area (Å²) in [6.45, 7) is 2.68. The van der Waals surface area contributed by atoms with E-state index in [1.807, 2.05) is 0 Å². The van der Waals surface area contributed by atoms with E-state index >= 15 is 0 Å². The van der Waals surface area contributed by atoms with E-state index in [9.17, 15) is 0 Å². The van der Waals surface area contributed by atoms with Gasteiger partial charge in [-0.3, -0.25) is 4.90 Å². The quantitative estimate of drug-likeness (QED) is 0.849. The number of nitrogens with two attached hydrogens (primary N) is 1. The molecule has 1 aromatic rings. The molecular formula is C8H13ClN4S. The third-order valence-corrected chi connectivity index (χ3v) is 3.56. The second-order valence-electron chi connectivity index (χ2n) is 3.45. The molecule has 1 unspecified atom stereocenters. The lowest BCUT2D eigenvalue weighted by Crippen LogP contribution is -2.34. The van der Waals surface area contributed by atoms with E-state index in [-0.39, 0.29) is 0 Å². The molecule has 2 N–H and O–H groups in total. The number of aromatic nitrogens is 2. The first-order chi connectivity index (χ1) is 6.79. The summed E-state index contributed by atoms with van der Waals surface area (Å²) in [5, 5.41) is 8.77. The summed E-state index contributed by atoms with van der Waals surface area (Å²) in [6, 6.07) is 0.512. The fourth-order valence-corrected chi connectivity index (χ4v) is 2.73. The van der Waals surface area contributed by atoms with Crippen molar-refractivity contribution in [2.24, 2.45) is 5.73 Å². The monoisotopic (exact) mass is 232 g/mol. The molecule has 14 heavy (non-hydrogen) atoms. The Hall–Kier alpha value is -0.230. The number of nitrogens with zero attached hydrogens (tertiary/aromatic N) is 3. The summed E-state index contributed by atoms with van der Waals surface area (Å²) in [5.74, 6) is 0. The summed E-state index contributed by atoms with van der Waals surface area (Å²) in [4.78, 5) is 2.36. The fourth-order valence-electron chi connectivity index (χ4n) is 1.84. The van der Waals surface area contributed by atoms with E-state index in [1.165, 1.54) is 24.2 Å². The lowest BCUT2D eigenvalue weighted by atomic mass is 10.2. The topological polar surface area (TPSA) is 55.0 Å². The standard InChI is InChI=1S/C8H13ClN4S/c9-8-12-11-7(14-8)5-13-3-1-2-6(13)4-10/h6H,1-5,10H2. The predicted octanol–water partition coefficient (Wildman–Crippen LogP) is 1.11. The van der Waals surface area contributed by atoms with Gasteiger partial charge < -0.3 is 5.73 Å². The number of rotatable bonds is 3. The molecule has 1 aliphatic heterocycles. The zero-order valence-electron chi connectivity index (χ0n) is 7.82. The molecule has 2 heterocycles. The van der Waals surface area contributed by atoms with E-state index in [0.29, 0.717) is 10.5 Å². The van der Waals surface area contributed by atoms with E-state index in [4.69, 9.17) is 17.3 Å². The molecule has 0 aliphatic carbocycles. The van der Waals surface area contributed by atoms with Gasteiger partial charge in [0.05, 0.1) is 6.54 Å². The minimum atomic E-state index is 0.512. The van der Waals surface area contributed by atoms with Gasteiger partial charge in [-0.05, 0) is 31.0 Å². The van der Waals surface area contributed by atoms with Crippen LogP contribution in [-0.4, -0.2) is 34.2 Å². The van der Waals surface area contributed by atoms with Gasteiger partial charge in [-0.25, -0.2) is 0 Å². The zero-order chi connectivity index (χ0) is 9.97. The molecule has 78 valence electrons. The molecule has 0 saturated carbocycles. The molecular weight excluding hydrogens is 220 g/mol. The first-order valence-corrected chi connectivity index (χ1v) is 5.91. The van der Waals surface area contributed by atoms with Gasteiger partial charge in [0.1, 0.15) is 5.01 Å². The van der Waals surface area contributed by atoms with Crippen LogP contribution in [0, 0.1) is 0 Å². The van der Waals surface area contributed by atoms with Crippen molar-refractivity contribution in [2.75, 3.05) is 13.1 Å². The van der Waals surface area contributed by atoms with Crippen LogP contribution in [0.4, 0.5) is 0 Å². The third-order valence-electron chi connectivity index (χ3n) is 2.55. The molecule has 2 rings (SSSR count). The highest BCUT2D eigenvalue weighted by atomic mass is 35.5. The molecule has 1 aliphatic rings. The first-order valence-electron chi connectivity index (χ1n) is 4.71. The second kappa shape index (κ2) is 4.53. The van der Waals surface area contributed by atoms with Crippen molar-refractivity contribution in [3.05, 3.63) is 9.47 Å². The minimum absolute atomic E-state index is 0.512. The van der Waals surface area contributed by atoms with Crippen LogP contribution in [0.1, 0.15) is 17.8 Å². The van der Waals surface area contributed by atoms with Crippen molar-refractivity contribution >= 4 is 22.9 Å². The normalized spacial score (nSPS) is 23.1. The van der Waals surface area contributed by atoms with E-state index in [0.717, 1.165) is 24.6 Å². The van der Waals surface area contributed by atoms with Crippen LogP contribution in [-0.2, 0) is 6.54 Å². The molecule has 0 amide bonds. The highest BCUT2D eigenvalue weighted by Gasteiger charge is 2.23. The maximum absolute atomic E-state index is 5.72. The third kappa shape index (κ3) is 2.23. The van der Waals surface area contributed by atoms with Crippen LogP contribution in [0.15, 0.2) is 0 Å². The summed E-state index contributed by atoms with van der Waals surface area (Å²) < 4.78 is 0.517. The number of hydrogen-bond donors (Lipinski definition) is 1. The van der Waals surface area contributed by atoms with Gasteiger partial charge in [0, 0.05) is 12.6 Å². The molecule has 4 nitrogen and oxygen atoms in total. The number of hydrogen-bond acceptors (Lipinski definition) is 5. The Morgan fingerprint density at radius 2 is 2.43 bits per heavy atom. The van der Waals surface area contributed by atoms with Gasteiger partial charge in [-0.2, -0.15) is 0 Å². The Labute approximate surface area is 92.1 Å². The van der Waals surface area contributed by atoms with Crippen molar-refractivity contribution < 1.29 is 0 Å². The molecule has 1 fully saturated rings. The van der Waals surface area contributed by atoms with Crippen LogP contribution in [0.2, 0.25) is 4.47 Å². The van der Waals surface area contributed by atoms with Crippen LogP contribution in [0.3, 0.4) is 0 Å². The average molecular weight is 233 g/mol. The minimum Gasteiger partial charge on any atom is -0.329 e. The first kappa shape index (κ1) is 10.3. The molecule has 0 aromatic carbocycles. The smallest absolute Gasteiger partial charge is 0.207 e. The molecule has 0 bridgehead atoms. The van der Waals surface area contributed by atoms with Crippen molar-refractivity contribution in [3.63, 3.8) is 0 Å². The zero-order valence-corrected chi connectivity index (χ0v) is 9.39. The Morgan fingerprint density at radius 1 is 1.57 bits per heavy atom. The van der Waals surface area contributed by atoms with Gasteiger partial charge in [0.2, 0.25) is 4.47 Å². The van der Waals surface area contributed by atoms with Gasteiger partial charge >= 0.3 is 0 Å². The van der Waals surface area contributed by atoms with Gasteiger partial charge in [-0.1, -0.05) is 11.3 Å². The van der Waals surface area contributed by atoms with E-state index in [1.54, 1.807) is 0 Å². The van der Waals surface area contributed by atoms with Crippen LogP contribution in [0.25, 0.3) is 0 Å². The van der Waals surface area contributed by atoms with E-state index < -0.39 is 0 Å². The van der Waals surface area contributed by atoms with Crippen molar-refractivity contribution in [2.45, 2.75) is 25.4 Å². The summed E-state index contributed by atoms with van der Waals surface area (Å²) in [6.07, 6.45) is 2.43. The van der Waals surface area contributed by atoms with Crippen LogP contribution in [0.5, 0.6) is 0 Å². The van der Waals surface area contributed by atoms with Crippen molar-refractivity contribution in [1.82, 2.24) is 15.1 Å². The van der Waals surface area contributed by atoms with Gasteiger partial charge in [0.25, 0.3) is 0 Å². The fraction of sp³-hybridized carbons (Fsp3) is 0.750. The Bertz CT molecular complexity index is 303. The average Bonchev–Trinajstić information content (AvgIpc) is 2.76. The molecule has 1 aromatic heterocycles. The Morgan fingerprint density at radius 3 is 3.07 bits per heavy atom. The van der Waals surface area contributed by atoms with Gasteiger partial charge in [0.15, 0.2) is 0 Å². The lowest BCUT2D eigenvalue weighted by molar-refractivity contribution is 0.249. The maximum Gasteiger partial charge on any atom is 0.207 e. The number of halogens is 1. The summed E-state index contributed by atoms with van der Waals surface area (Å²) >= 11 is 7.17. The van der Waals surface area contributed by atoms with Crippen LogP contribution < -0.4 is 5.73 Å². The Kier molecular flexibility index (Phi) is 3.33. The molecule has 1 atom stereocenters. The second-order valence-corrected chi connectivity index (χ2v) is 5.10. The number of likely N-dealkylation sites (tertiary alicyclic amines) is 1. The maximum atomic E-state index is 5.72. The predicted molar refractivity (Wildman–Crippen MR) is 57.4 cm³/mol. The van der Waals surface area contributed by atoms with E-state index in [2.05, 4.69) is 15.1 Å². The molecule has 0 radical (unpaired) electrons. The lowest BCUT2D eigenvalue weighted by Gasteiger charge is -2.21. The molecule has 0 spiro atoms. The Balaban J connectivity index is 1.96. The highest BCUT2D eigenvalue weighted by Crippen LogP contribution is 2.22. The van der Waals surface area contributed by atoms with Gasteiger partial charge in [-0.15, -0.1) is 10.2 Å². The SMILES string of the molecule is NCC1CCCN1Cc1nnc(Cl)s1. The van der Waals surface area contributed by atoms with Crippen LogP contribution >= 0.6 is 22.9 Å². The molecule has 6 heteroatoms. The largest absolute Gasteiger partial charge is 0.329 e. The summed E-state index contributed by atoms with van der Waals surface area (Å²) in [7, 11) is 0. The summed E-state index contributed by atoms with van der Waals surface area (Å²) in [5.41, 5.74) is 5.68. The molecule has 1 saturated heterocycles. The highest BCUT2D eigenvalue weighted by molar-refractivity contribution is 7.15.